The Morgan fingerprint density at radius 2 is 2.00 bits per heavy atom. The summed E-state index contributed by atoms with van der Waals surface area (Å²) < 4.78 is 0. The average Bonchev–Trinajstić information content (AvgIpc) is 2.29. The van der Waals surface area contributed by atoms with Crippen LogP contribution in [0.3, 0.4) is 0 Å². The molecule has 2 rings (SSSR count). The Morgan fingerprint density at radius 3 is 2.81 bits per heavy atom. The predicted octanol–water partition coefficient (Wildman–Crippen LogP) is 2.98. The van der Waals surface area contributed by atoms with E-state index in [0.29, 0.717) is 5.92 Å². The van der Waals surface area contributed by atoms with Crippen LogP contribution in [-0.2, 0) is 6.54 Å². The molecule has 1 N–H and O–H groups in total. The standard InChI is InChI=1S/C14H18N2/c1-11(2)9-15-10-14-13-6-4-3-5-12(13)7-8-16-14/h3-8,11,15H,9-10H2,1-2H3. The fourth-order valence-electron chi connectivity index (χ4n) is 1.80. The molecule has 0 saturated heterocycles. The van der Waals surface area contributed by atoms with Crippen molar-refractivity contribution in [1.82, 2.24) is 10.3 Å². The zero-order chi connectivity index (χ0) is 11.4. The highest BCUT2D eigenvalue weighted by atomic mass is 14.9. The van der Waals surface area contributed by atoms with Gasteiger partial charge in [-0.2, -0.15) is 0 Å². The van der Waals surface area contributed by atoms with Crippen molar-refractivity contribution in [2.75, 3.05) is 6.54 Å². The predicted molar refractivity (Wildman–Crippen MR) is 68.3 cm³/mol. The maximum atomic E-state index is 4.44. The molecule has 2 aromatic rings. The first-order valence-corrected chi connectivity index (χ1v) is 5.80. The summed E-state index contributed by atoms with van der Waals surface area (Å²) >= 11 is 0. The summed E-state index contributed by atoms with van der Waals surface area (Å²) in [6.07, 6.45) is 1.88. The van der Waals surface area contributed by atoms with Gasteiger partial charge in [0.2, 0.25) is 0 Å². The van der Waals surface area contributed by atoms with Crippen LogP contribution < -0.4 is 5.32 Å². The van der Waals surface area contributed by atoms with E-state index in [1.807, 2.05) is 6.20 Å². The van der Waals surface area contributed by atoms with Gasteiger partial charge >= 0.3 is 0 Å². The Balaban J connectivity index is 2.17. The van der Waals surface area contributed by atoms with Crippen molar-refractivity contribution in [3.63, 3.8) is 0 Å². The number of fused-ring (bicyclic) bond motifs is 1. The molecule has 1 aromatic carbocycles. The molecule has 0 aliphatic heterocycles. The average molecular weight is 214 g/mol. The first-order chi connectivity index (χ1) is 7.77. The molecular formula is C14H18N2. The number of aromatic nitrogens is 1. The Hall–Kier alpha value is -1.41. The fraction of sp³-hybridized carbons (Fsp3) is 0.357. The first-order valence-electron chi connectivity index (χ1n) is 5.80. The summed E-state index contributed by atoms with van der Waals surface area (Å²) in [5.74, 6) is 0.676. The SMILES string of the molecule is CC(C)CNCc1nccc2ccccc12. The highest BCUT2D eigenvalue weighted by Gasteiger charge is 2.01. The van der Waals surface area contributed by atoms with Crippen molar-refractivity contribution < 1.29 is 0 Å². The first kappa shape index (κ1) is 11.1. The molecule has 1 heterocycles. The third kappa shape index (κ3) is 2.58. The van der Waals surface area contributed by atoms with E-state index >= 15 is 0 Å². The number of hydrogen-bond acceptors (Lipinski definition) is 2. The van der Waals surface area contributed by atoms with Crippen LogP contribution in [0.4, 0.5) is 0 Å². The van der Waals surface area contributed by atoms with Crippen LogP contribution in [-0.4, -0.2) is 11.5 Å². The molecule has 2 nitrogen and oxygen atoms in total. The van der Waals surface area contributed by atoms with Crippen molar-refractivity contribution in [2.24, 2.45) is 5.92 Å². The molecule has 0 atom stereocenters. The molecule has 0 fully saturated rings. The minimum atomic E-state index is 0.676. The molecule has 0 spiro atoms. The second kappa shape index (κ2) is 5.08. The lowest BCUT2D eigenvalue weighted by Gasteiger charge is -2.08. The molecule has 0 amide bonds. The van der Waals surface area contributed by atoms with Gasteiger partial charge < -0.3 is 5.32 Å². The van der Waals surface area contributed by atoms with E-state index in [4.69, 9.17) is 0 Å². The second-order valence-corrected chi connectivity index (χ2v) is 4.50. The van der Waals surface area contributed by atoms with Crippen LogP contribution >= 0.6 is 0 Å². The highest BCUT2D eigenvalue weighted by Crippen LogP contribution is 2.15. The zero-order valence-corrected chi connectivity index (χ0v) is 9.90. The smallest absolute Gasteiger partial charge is 0.0619 e. The lowest BCUT2D eigenvalue weighted by atomic mass is 10.1. The van der Waals surface area contributed by atoms with Gasteiger partial charge in [-0.3, -0.25) is 4.98 Å². The van der Waals surface area contributed by atoms with Crippen molar-refractivity contribution in [3.8, 4) is 0 Å². The van der Waals surface area contributed by atoms with E-state index in [9.17, 15) is 0 Å². The van der Waals surface area contributed by atoms with Gasteiger partial charge in [0.15, 0.2) is 0 Å². The van der Waals surface area contributed by atoms with E-state index in [1.165, 1.54) is 10.8 Å². The summed E-state index contributed by atoms with van der Waals surface area (Å²) in [6, 6.07) is 10.4. The van der Waals surface area contributed by atoms with Crippen molar-refractivity contribution >= 4 is 10.8 Å². The summed E-state index contributed by atoms with van der Waals surface area (Å²) in [5.41, 5.74) is 1.14. The Bertz CT molecular complexity index is 458. The Labute approximate surface area is 96.7 Å². The molecule has 0 aliphatic rings. The van der Waals surface area contributed by atoms with Crippen molar-refractivity contribution in [2.45, 2.75) is 20.4 Å². The van der Waals surface area contributed by atoms with Gasteiger partial charge in [0.25, 0.3) is 0 Å². The van der Waals surface area contributed by atoms with Gasteiger partial charge in [0, 0.05) is 18.1 Å². The number of benzene rings is 1. The molecule has 0 aliphatic carbocycles. The Kier molecular flexibility index (Phi) is 3.52. The summed E-state index contributed by atoms with van der Waals surface area (Å²) in [7, 11) is 0. The minimum absolute atomic E-state index is 0.676. The molecule has 1 aromatic heterocycles. The number of pyridine rings is 1. The number of hydrogen-bond donors (Lipinski definition) is 1. The van der Waals surface area contributed by atoms with Crippen LogP contribution in [0.1, 0.15) is 19.5 Å². The van der Waals surface area contributed by atoms with Crippen LogP contribution in [0.5, 0.6) is 0 Å². The fourth-order valence-corrected chi connectivity index (χ4v) is 1.80. The normalized spacial score (nSPS) is 11.2. The quantitative estimate of drug-likeness (QED) is 0.846. The van der Waals surface area contributed by atoms with Gasteiger partial charge in [0.05, 0.1) is 5.69 Å². The molecular weight excluding hydrogens is 196 g/mol. The number of rotatable bonds is 4. The third-order valence-electron chi connectivity index (χ3n) is 2.60. The lowest BCUT2D eigenvalue weighted by molar-refractivity contribution is 0.549. The highest BCUT2D eigenvalue weighted by molar-refractivity contribution is 5.84. The van der Waals surface area contributed by atoms with Gasteiger partial charge in [-0.05, 0) is 23.9 Å². The summed E-state index contributed by atoms with van der Waals surface area (Å²) in [4.78, 5) is 4.44. The molecule has 2 heteroatoms. The van der Waals surface area contributed by atoms with Gasteiger partial charge in [-0.15, -0.1) is 0 Å². The molecule has 0 saturated carbocycles. The van der Waals surface area contributed by atoms with E-state index in [0.717, 1.165) is 18.8 Å². The number of nitrogens with zero attached hydrogens (tertiary/aromatic N) is 1. The van der Waals surface area contributed by atoms with Crippen LogP contribution in [0.25, 0.3) is 10.8 Å². The maximum absolute atomic E-state index is 4.44. The van der Waals surface area contributed by atoms with Crippen LogP contribution in [0.15, 0.2) is 36.5 Å². The molecule has 0 unspecified atom stereocenters. The van der Waals surface area contributed by atoms with E-state index in [1.54, 1.807) is 0 Å². The van der Waals surface area contributed by atoms with Gasteiger partial charge in [-0.1, -0.05) is 38.1 Å². The summed E-state index contributed by atoms with van der Waals surface area (Å²) in [6.45, 7) is 6.30. The molecule has 84 valence electrons. The second-order valence-electron chi connectivity index (χ2n) is 4.50. The minimum Gasteiger partial charge on any atom is -0.311 e. The van der Waals surface area contributed by atoms with Crippen LogP contribution in [0.2, 0.25) is 0 Å². The van der Waals surface area contributed by atoms with E-state index in [2.05, 4.69) is 54.5 Å². The van der Waals surface area contributed by atoms with Crippen molar-refractivity contribution in [1.29, 1.82) is 0 Å². The lowest BCUT2D eigenvalue weighted by Crippen LogP contribution is -2.19. The van der Waals surface area contributed by atoms with Crippen LogP contribution in [0, 0.1) is 5.92 Å². The van der Waals surface area contributed by atoms with Gasteiger partial charge in [0.1, 0.15) is 0 Å². The summed E-state index contributed by atoms with van der Waals surface area (Å²) in [5, 5.41) is 5.94. The molecule has 16 heavy (non-hydrogen) atoms. The molecule has 0 bridgehead atoms. The maximum Gasteiger partial charge on any atom is 0.0619 e. The van der Waals surface area contributed by atoms with Crippen molar-refractivity contribution in [3.05, 3.63) is 42.2 Å². The van der Waals surface area contributed by atoms with E-state index in [-0.39, 0.29) is 0 Å². The monoisotopic (exact) mass is 214 g/mol. The number of nitrogens with one attached hydrogen (secondary N) is 1. The largest absolute Gasteiger partial charge is 0.311 e. The Morgan fingerprint density at radius 1 is 1.19 bits per heavy atom. The third-order valence-corrected chi connectivity index (χ3v) is 2.60. The van der Waals surface area contributed by atoms with E-state index < -0.39 is 0 Å². The van der Waals surface area contributed by atoms with Gasteiger partial charge in [-0.25, -0.2) is 0 Å². The zero-order valence-electron chi connectivity index (χ0n) is 9.90. The topological polar surface area (TPSA) is 24.9 Å². The molecule has 0 radical (unpaired) electrons.